The van der Waals surface area contributed by atoms with Crippen LogP contribution in [0.25, 0.3) is 0 Å². The number of carbonyl (C=O) groups is 1. The van der Waals surface area contributed by atoms with Crippen LogP contribution >= 0.6 is 0 Å². The van der Waals surface area contributed by atoms with E-state index < -0.39 is 0 Å². The van der Waals surface area contributed by atoms with E-state index in [-0.39, 0.29) is 11.3 Å². The SMILES string of the molecule is BN1CC(/C=C(/N)CC(C)(C)C)=C(CCC)C1=O. The first-order valence-corrected chi connectivity index (χ1v) is 6.68. The molecular formula is C14H25BN2O. The third kappa shape index (κ3) is 3.93. The van der Waals surface area contributed by atoms with E-state index >= 15 is 0 Å². The predicted octanol–water partition coefficient (Wildman–Crippen LogP) is 1.75. The summed E-state index contributed by atoms with van der Waals surface area (Å²) >= 11 is 0. The molecule has 2 N–H and O–H groups in total. The first-order chi connectivity index (χ1) is 8.24. The van der Waals surface area contributed by atoms with Crippen LogP contribution in [0.3, 0.4) is 0 Å². The molecule has 0 saturated carbocycles. The average Bonchev–Trinajstić information content (AvgIpc) is 2.43. The Morgan fingerprint density at radius 1 is 1.50 bits per heavy atom. The van der Waals surface area contributed by atoms with Crippen LogP contribution in [-0.2, 0) is 4.79 Å². The molecule has 1 aliphatic rings. The van der Waals surface area contributed by atoms with E-state index in [0.717, 1.165) is 36.1 Å². The number of carbonyl (C=O) groups excluding carboxylic acids is 1. The van der Waals surface area contributed by atoms with Crippen molar-refractivity contribution in [1.29, 1.82) is 0 Å². The Bertz CT molecular complexity index is 391. The van der Waals surface area contributed by atoms with Crippen LogP contribution in [0.5, 0.6) is 0 Å². The Hall–Kier alpha value is -1.19. The summed E-state index contributed by atoms with van der Waals surface area (Å²) < 4.78 is 0. The van der Waals surface area contributed by atoms with Crippen LogP contribution in [0.4, 0.5) is 0 Å². The Labute approximate surface area is 112 Å². The molecule has 4 heteroatoms. The molecule has 3 nitrogen and oxygen atoms in total. The van der Waals surface area contributed by atoms with Crippen LogP contribution in [0.15, 0.2) is 22.9 Å². The maximum atomic E-state index is 12.0. The lowest BCUT2D eigenvalue weighted by molar-refractivity contribution is -0.121. The minimum atomic E-state index is 0.159. The van der Waals surface area contributed by atoms with Gasteiger partial charge in [-0.05, 0) is 29.9 Å². The second kappa shape index (κ2) is 5.64. The lowest BCUT2D eigenvalue weighted by Crippen LogP contribution is -2.23. The maximum Gasteiger partial charge on any atom is 0.237 e. The first kappa shape index (κ1) is 14.9. The van der Waals surface area contributed by atoms with E-state index in [9.17, 15) is 4.79 Å². The molecule has 100 valence electrons. The van der Waals surface area contributed by atoms with Gasteiger partial charge in [-0.2, -0.15) is 0 Å². The highest BCUT2D eigenvalue weighted by Crippen LogP contribution is 2.26. The summed E-state index contributed by atoms with van der Waals surface area (Å²) in [5.74, 6) is 0.159. The number of allylic oxidation sites excluding steroid dienone is 1. The summed E-state index contributed by atoms with van der Waals surface area (Å²) in [6.07, 6.45) is 4.70. The molecule has 0 unspecified atom stereocenters. The van der Waals surface area contributed by atoms with Gasteiger partial charge < -0.3 is 10.5 Å². The number of amides is 1. The third-order valence-electron chi connectivity index (χ3n) is 2.99. The number of nitrogens with zero attached hydrogens (tertiary/aromatic N) is 1. The van der Waals surface area contributed by atoms with E-state index in [1.54, 1.807) is 4.81 Å². The number of hydrogen-bond acceptors (Lipinski definition) is 2. The quantitative estimate of drug-likeness (QED) is 0.770. The third-order valence-corrected chi connectivity index (χ3v) is 2.99. The Kier molecular flexibility index (Phi) is 4.66. The Morgan fingerprint density at radius 2 is 2.11 bits per heavy atom. The summed E-state index contributed by atoms with van der Waals surface area (Å²) in [5.41, 5.74) is 9.18. The lowest BCUT2D eigenvalue weighted by atomic mass is 9.90. The standard InChI is InChI=1S/C14H25BN2O/c1-5-6-12-10(9-17(15)13(12)18)7-11(16)8-14(2,3)4/h7H,5-6,8-9,15-16H2,1-4H3/b11-7+. The monoisotopic (exact) mass is 248 g/mol. The van der Waals surface area contributed by atoms with Crippen molar-refractivity contribution in [1.82, 2.24) is 4.81 Å². The maximum absolute atomic E-state index is 12.0. The Morgan fingerprint density at radius 3 is 2.61 bits per heavy atom. The van der Waals surface area contributed by atoms with E-state index in [0.29, 0.717) is 6.54 Å². The second-order valence-electron chi connectivity index (χ2n) is 6.37. The number of nitrogens with two attached hydrogens (primary N) is 1. The van der Waals surface area contributed by atoms with Crippen LogP contribution in [0, 0.1) is 5.41 Å². The van der Waals surface area contributed by atoms with Gasteiger partial charge >= 0.3 is 0 Å². The van der Waals surface area contributed by atoms with Gasteiger partial charge in [-0.3, -0.25) is 4.79 Å². The molecule has 0 atom stereocenters. The van der Waals surface area contributed by atoms with Gasteiger partial charge in [-0.15, -0.1) is 0 Å². The van der Waals surface area contributed by atoms with Crippen molar-refractivity contribution >= 4 is 13.9 Å². The van der Waals surface area contributed by atoms with Crippen LogP contribution < -0.4 is 5.73 Å². The zero-order chi connectivity index (χ0) is 13.9. The fourth-order valence-electron chi connectivity index (χ4n) is 2.33. The molecule has 0 saturated heterocycles. The molecule has 1 heterocycles. The van der Waals surface area contributed by atoms with Gasteiger partial charge in [0, 0.05) is 17.8 Å². The molecule has 0 spiro atoms. The molecule has 1 rings (SSSR count). The molecule has 0 aromatic carbocycles. The largest absolute Gasteiger partial charge is 0.402 e. The van der Waals surface area contributed by atoms with Crippen molar-refractivity contribution in [3.63, 3.8) is 0 Å². The zero-order valence-electron chi connectivity index (χ0n) is 12.3. The predicted molar refractivity (Wildman–Crippen MR) is 78.5 cm³/mol. The highest BCUT2D eigenvalue weighted by atomic mass is 16.2. The molecular weight excluding hydrogens is 223 g/mol. The molecule has 0 aromatic rings. The molecule has 0 bridgehead atoms. The summed E-state index contributed by atoms with van der Waals surface area (Å²) in [5, 5.41) is 0. The van der Waals surface area contributed by atoms with Crippen LogP contribution in [0.1, 0.15) is 47.0 Å². The van der Waals surface area contributed by atoms with Crippen molar-refractivity contribution in [2.24, 2.45) is 11.1 Å². The fraction of sp³-hybridized carbons (Fsp3) is 0.643. The van der Waals surface area contributed by atoms with Crippen LogP contribution in [0.2, 0.25) is 0 Å². The topological polar surface area (TPSA) is 46.3 Å². The first-order valence-electron chi connectivity index (χ1n) is 6.68. The van der Waals surface area contributed by atoms with Gasteiger partial charge in [-0.25, -0.2) is 0 Å². The average molecular weight is 248 g/mol. The van der Waals surface area contributed by atoms with E-state index in [2.05, 4.69) is 27.7 Å². The smallest absolute Gasteiger partial charge is 0.237 e. The van der Waals surface area contributed by atoms with Gasteiger partial charge in [-0.1, -0.05) is 34.1 Å². The summed E-state index contributed by atoms with van der Waals surface area (Å²) in [7, 11) is 1.85. The number of rotatable bonds is 4. The molecule has 18 heavy (non-hydrogen) atoms. The molecule has 0 aromatic heterocycles. The molecule has 1 aliphatic heterocycles. The van der Waals surface area contributed by atoms with Gasteiger partial charge in [0.1, 0.15) is 0 Å². The van der Waals surface area contributed by atoms with Crippen molar-refractivity contribution in [2.45, 2.75) is 47.0 Å². The summed E-state index contributed by atoms with van der Waals surface area (Å²) in [6, 6.07) is 0. The van der Waals surface area contributed by atoms with Crippen molar-refractivity contribution in [3.8, 4) is 0 Å². The Balaban J connectivity index is 2.92. The van der Waals surface area contributed by atoms with E-state index in [4.69, 9.17) is 5.73 Å². The molecule has 1 amide bonds. The second-order valence-corrected chi connectivity index (χ2v) is 6.37. The molecule has 0 radical (unpaired) electrons. The van der Waals surface area contributed by atoms with E-state index in [1.165, 1.54) is 0 Å². The normalized spacial score (nSPS) is 17.9. The number of hydrogen-bond donors (Lipinski definition) is 1. The van der Waals surface area contributed by atoms with Crippen LogP contribution in [-0.4, -0.2) is 25.2 Å². The van der Waals surface area contributed by atoms with Crippen molar-refractivity contribution < 1.29 is 4.79 Å². The van der Waals surface area contributed by atoms with Gasteiger partial charge in [0.25, 0.3) is 0 Å². The zero-order valence-corrected chi connectivity index (χ0v) is 12.3. The molecule has 0 fully saturated rings. The lowest BCUT2D eigenvalue weighted by Gasteiger charge is -2.18. The summed E-state index contributed by atoms with van der Waals surface area (Å²) in [4.78, 5) is 13.7. The summed E-state index contributed by atoms with van der Waals surface area (Å²) in [6.45, 7) is 9.29. The molecule has 0 aliphatic carbocycles. The van der Waals surface area contributed by atoms with Crippen molar-refractivity contribution in [3.05, 3.63) is 22.9 Å². The van der Waals surface area contributed by atoms with Gasteiger partial charge in [0.15, 0.2) is 0 Å². The van der Waals surface area contributed by atoms with Gasteiger partial charge in [0.05, 0.1) is 0 Å². The minimum absolute atomic E-state index is 0.159. The minimum Gasteiger partial charge on any atom is -0.402 e. The highest BCUT2D eigenvalue weighted by Gasteiger charge is 2.25. The van der Waals surface area contributed by atoms with E-state index in [1.807, 2.05) is 14.1 Å². The van der Waals surface area contributed by atoms with Gasteiger partial charge in [0.2, 0.25) is 13.9 Å². The van der Waals surface area contributed by atoms with Crippen molar-refractivity contribution in [2.75, 3.05) is 6.54 Å². The highest BCUT2D eigenvalue weighted by molar-refractivity contribution is 6.20. The fourth-order valence-corrected chi connectivity index (χ4v) is 2.33.